The molecule has 1 fully saturated rings. The van der Waals surface area contributed by atoms with Crippen LogP contribution < -0.4 is 16.2 Å². The minimum Gasteiger partial charge on any atom is -0.387 e. The Morgan fingerprint density at radius 3 is 2.67 bits per heavy atom. The summed E-state index contributed by atoms with van der Waals surface area (Å²) in [5.74, 6) is 0.476. The summed E-state index contributed by atoms with van der Waals surface area (Å²) in [5, 5.41) is 17.2. The van der Waals surface area contributed by atoms with Gasteiger partial charge in [0.2, 0.25) is 5.91 Å². The normalized spacial score (nSPS) is 22.6. The number of carbonyl (C=O) groups excluding carboxylic acids is 1. The standard InChI is InChI=1S/C26H28N4O3/c31-24-14-15-27-23-13-12-22(30(23)24)26(33)29-19-8-6-17(7-9-19)16-20-10-11-21(28-20)25(32)18-4-2-1-3-5-18/h1-9,14-15,20-22,25,28,32H,10-13,16H2,(H,29,33)/t20-,21-,22-,25-/m1/s1. The Bertz CT molecular complexity index is 1180. The number of nitrogens with one attached hydrogen (secondary N) is 2. The Morgan fingerprint density at radius 1 is 1.09 bits per heavy atom. The van der Waals surface area contributed by atoms with Crippen LogP contribution in [0.5, 0.6) is 0 Å². The van der Waals surface area contributed by atoms with E-state index in [1.807, 2.05) is 54.6 Å². The molecule has 0 radical (unpaired) electrons. The zero-order valence-electron chi connectivity index (χ0n) is 18.4. The van der Waals surface area contributed by atoms with E-state index >= 15 is 0 Å². The smallest absolute Gasteiger partial charge is 0.254 e. The van der Waals surface area contributed by atoms with Gasteiger partial charge in [0.15, 0.2) is 0 Å². The second-order valence-electron chi connectivity index (χ2n) is 8.92. The van der Waals surface area contributed by atoms with Gasteiger partial charge in [-0.25, -0.2) is 4.98 Å². The van der Waals surface area contributed by atoms with Crippen LogP contribution in [0.25, 0.3) is 0 Å². The second kappa shape index (κ2) is 9.29. The summed E-state index contributed by atoms with van der Waals surface area (Å²) < 4.78 is 1.50. The molecule has 1 aromatic heterocycles. The number of hydrogen-bond donors (Lipinski definition) is 3. The SMILES string of the molecule is O=C(Nc1ccc(C[C@H]2CC[C@H]([C@H](O)c3ccccc3)N2)cc1)[C@H]1CCc2nccc(=O)n21. The molecule has 2 aromatic carbocycles. The molecule has 7 nitrogen and oxygen atoms in total. The Kier molecular flexibility index (Phi) is 6.07. The Hall–Kier alpha value is -3.29. The van der Waals surface area contributed by atoms with Crippen LogP contribution in [-0.4, -0.2) is 32.6 Å². The number of aryl methyl sites for hydroxylation is 1. The first-order valence-electron chi connectivity index (χ1n) is 11.5. The van der Waals surface area contributed by atoms with Crippen molar-refractivity contribution in [3.05, 3.63) is 94.2 Å². The molecule has 33 heavy (non-hydrogen) atoms. The highest BCUT2D eigenvalue weighted by atomic mass is 16.3. The van der Waals surface area contributed by atoms with Crippen molar-refractivity contribution in [3.8, 4) is 0 Å². The monoisotopic (exact) mass is 444 g/mol. The van der Waals surface area contributed by atoms with E-state index in [2.05, 4.69) is 15.6 Å². The lowest BCUT2D eigenvalue weighted by atomic mass is 10.0. The third-order valence-electron chi connectivity index (χ3n) is 6.71. The van der Waals surface area contributed by atoms with Gasteiger partial charge in [0.25, 0.3) is 5.56 Å². The first-order chi connectivity index (χ1) is 16.1. The Morgan fingerprint density at radius 2 is 1.88 bits per heavy atom. The molecule has 1 saturated heterocycles. The van der Waals surface area contributed by atoms with Gasteiger partial charge in [0, 0.05) is 36.5 Å². The van der Waals surface area contributed by atoms with Gasteiger partial charge in [-0.2, -0.15) is 0 Å². The van der Waals surface area contributed by atoms with E-state index in [-0.39, 0.29) is 17.5 Å². The predicted octanol–water partition coefficient (Wildman–Crippen LogP) is 2.77. The maximum Gasteiger partial charge on any atom is 0.254 e. The lowest BCUT2D eigenvalue weighted by molar-refractivity contribution is -0.119. The number of benzene rings is 2. The molecule has 7 heteroatoms. The van der Waals surface area contributed by atoms with E-state index in [4.69, 9.17) is 0 Å². The molecular weight excluding hydrogens is 416 g/mol. The van der Waals surface area contributed by atoms with Gasteiger partial charge in [-0.3, -0.25) is 14.2 Å². The molecule has 5 rings (SSSR count). The highest BCUT2D eigenvalue weighted by Crippen LogP contribution is 2.27. The molecule has 1 amide bonds. The number of hydrogen-bond acceptors (Lipinski definition) is 5. The van der Waals surface area contributed by atoms with Crippen molar-refractivity contribution in [3.63, 3.8) is 0 Å². The lowest BCUT2D eigenvalue weighted by Crippen LogP contribution is -2.35. The van der Waals surface area contributed by atoms with E-state index in [0.717, 1.165) is 24.8 Å². The average molecular weight is 445 g/mol. The summed E-state index contributed by atoms with van der Waals surface area (Å²) in [6.45, 7) is 0. The number of rotatable bonds is 6. The van der Waals surface area contributed by atoms with Crippen LogP contribution >= 0.6 is 0 Å². The maximum atomic E-state index is 12.8. The van der Waals surface area contributed by atoms with E-state index in [9.17, 15) is 14.7 Å². The van der Waals surface area contributed by atoms with Crippen molar-refractivity contribution >= 4 is 11.6 Å². The van der Waals surface area contributed by atoms with Crippen LogP contribution in [0.4, 0.5) is 5.69 Å². The average Bonchev–Trinajstić information content (AvgIpc) is 3.49. The maximum absolute atomic E-state index is 12.8. The molecular formula is C26H28N4O3. The minimum atomic E-state index is -0.517. The van der Waals surface area contributed by atoms with Crippen molar-refractivity contribution < 1.29 is 9.90 Å². The Balaban J connectivity index is 1.17. The fraction of sp³-hybridized carbons (Fsp3) is 0.346. The quantitative estimate of drug-likeness (QED) is 0.543. The zero-order chi connectivity index (χ0) is 22.8. The van der Waals surface area contributed by atoms with Gasteiger partial charge in [-0.05, 0) is 48.9 Å². The first-order valence-corrected chi connectivity index (χ1v) is 11.5. The number of nitrogens with zero attached hydrogens (tertiary/aromatic N) is 2. The Labute approximate surface area is 192 Å². The van der Waals surface area contributed by atoms with Crippen LogP contribution in [0, 0.1) is 0 Å². The van der Waals surface area contributed by atoms with Crippen molar-refractivity contribution in [2.24, 2.45) is 0 Å². The molecule has 2 aliphatic heterocycles. The first kappa shape index (κ1) is 21.6. The lowest BCUT2D eigenvalue weighted by Gasteiger charge is -2.20. The van der Waals surface area contributed by atoms with Crippen molar-refractivity contribution in [1.29, 1.82) is 0 Å². The molecule has 0 aliphatic carbocycles. The predicted molar refractivity (Wildman–Crippen MR) is 126 cm³/mol. The number of aliphatic hydroxyl groups is 1. The highest BCUT2D eigenvalue weighted by molar-refractivity contribution is 5.94. The fourth-order valence-electron chi connectivity index (χ4n) is 5.00. The van der Waals surface area contributed by atoms with E-state index in [1.165, 1.54) is 22.4 Å². The summed E-state index contributed by atoms with van der Waals surface area (Å²) in [4.78, 5) is 29.1. The third kappa shape index (κ3) is 4.60. The molecule has 2 aliphatic rings. The number of aromatic nitrogens is 2. The van der Waals surface area contributed by atoms with Gasteiger partial charge in [0.1, 0.15) is 11.9 Å². The fourth-order valence-corrected chi connectivity index (χ4v) is 5.00. The van der Waals surface area contributed by atoms with Gasteiger partial charge < -0.3 is 15.7 Å². The largest absolute Gasteiger partial charge is 0.387 e. The highest BCUT2D eigenvalue weighted by Gasteiger charge is 2.31. The van der Waals surface area contributed by atoms with Crippen molar-refractivity contribution in [2.75, 3.05) is 5.32 Å². The molecule has 3 heterocycles. The van der Waals surface area contributed by atoms with E-state index < -0.39 is 12.1 Å². The van der Waals surface area contributed by atoms with Crippen LogP contribution in [0.3, 0.4) is 0 Å². The second-order valence-corrected chi connectivity index (χ2v) is 8.92. The summed E-state index contributed by atoms with van der Waals surface area (Å²) >= 11 is 0. The third-order valence-corrected chi connectivity index (χ3v) is 6.71. The van der Waals surface area contributed by atoms with Gasteiger partial charge in [0.05, 0.1) is 6.10 Å². The molecule has 4 atom stereocenters. The van der Waals surface area contributed by atoms with Gasteiger partial charge in [-0.15, -0.1) is 0 Å². The van der Waals surface area contributed by atoms with Crippen LogP contribution in [0.1, 0.15) is 48.4 Å². The number of amides is 1. The number of fused-ring (bicyclic) bond motifs is 1. The van der Waals surface area contributed by atoms with Crippen molar-refractivity contribution in [1.82, 2.24) is 14.9 Å². The summed E-state index contributed by atoms with van der Waals surface area (Å²) in [7, 11) is 0. The molecule has 0 bridgehead atoms. The topological polar surface area (TPSA) is 96.2 Å². The van der Waals surface area contributed by atoms with Gasteiger partial charge >= 0.3 is 0 Å². The number of carbonyl (C=O) groups is 1. The molecule has 3 aromatic rings. The van der Waals surface area contributed by atoms with Crippen LogP contribution in [0.15, 0.2) is 71.7 Å². The summed E-state index contributed by atoms with van der Waals surface area (Å²) in [6.07, 6.45) is 5.02. The summed E-state index contributed by atoms with van der Waals surface area (Å²) in [5.41, 5.74) is 2.64. The van der Waals surface area contributed by atoms with Gasteiger partial charge in [-0.1, -0.05) is 42.5 Å². The molecule has 0 saturated carbocycles. The number of anilines is 1. The zero-order valence-corrected chi connectivity index (χ0v) is 18.4. The van der Waals surface area contributed by atoms with Crippen molar-refractivity contribution in [2.45, 2.75) is 56.3 Å². The number of aliphatic hydroxyl groups excluding tert-OH is 1. The summed E-state index contributed by atoms with van der Waals surface area (Å²) in [6, 6.07) is 18.9. The van der Waals surface area contributed by atoms with E-state index in [0.29, 0.717) is 30.4 Å². The molecule has 0 unspecified atom stereocenters. The van der Waals surface area contributed by atoms with Crippen LogP contribution in [-0.2, 0) is 17.6 Å². The molecule has 0 spiro atoms. The molecule has 3 N–H and O–H groups in total. The molecule has 170 valence electrons. The van der Waals surface area contributed by atoms with Crippen LogP contribution in [0.2, 0.25) is 0 Å². The van der Waals surface area contributed by atoms with E-state index in [1.54, 1.807) is 0 Å². The minimum absolute atomic E-state index is 0.0585.